The molecular weight excluding hydrogens is 374 g/mol. The van der Waals surface area contributed by atoms with Gasteiger partial charge < -0.3 is 5.32 Å². The van der Waals surface area contributed by atoms with E-state index in [0.717, 1.165) is 5.56 Å². The van der Waals surface area contributed by atoms with Gasteiger partial charge >= 0.3 is 0 Å². The summed E-state index contributed by atoms with van der Waals surface area (Å²) >= 11 is 5.95. The maximum absolute atomic E-state index is 12.2. The summed E-state index contributed by atoms with van der Waals surface area (Å²) in [5.74, 6) is -0.605. The molecule has 1 heterocycles. The average molecular weight is 390 g/mol. The van der Waals surface area contributed by atoms with Gasteiger partial charge in [0.15, 0.2) is 9.84 Å². The maximum Gasteiger partial charge on any atom is 0.269 e. The van der Waals surface area contributed by atoms with Crippen molar-refractivity contribution in [2.24, 2.45) is 0 Å². The van der Waals surface area contributed by atoms with Crippen LogP contribution in [0.5, 0.6) is 0 Å². The topological polar surface area (TPSA) is 91.9 Å². The fourth-order valence-corrected chi connectivity index (χ4v) is 3.74. The fourth-order valence-electron chi connectivity index (χ4n) is 2.37. The molecule has 2 N–H and O–H groups in total. The molecule has 0 unspecified atom stereocenters. The number of nitrogens with one attached hydrogen (secondary N) is 2. The zero-order valence-electron chi connectivity index (χ0n) is 13.6. The lowest BCUT2D eigenvalue weighted by Gasteiger charge is -2.05. The molecule has 26 heavy (non-hydrogen) atoms. The lowest BCUT2D eigenvalue weighted by molar-refractivity contribution is 0.0951. The van der Waals surface area contributed by atoms with Gasteiger partial charge in [-0.15, -0.1) is 0 Å². The third-order valence-electron chi connectivity index (χ3n) is 3.70. The van der Waals surface area contributed by atoms with Gasteiger partial charge in [0, 0.05) is 17.1 Å². The number of sulfone groups is 1. The first kappa shape index (κ1) is 18.2. The highest BCUT2D eigenvalue weighted by Crippen LogP contribution is 2.21. The van der Waals surface area contributed by atoms with Crippen molar-refractivity contribution in [2.75, 3.05) is 12.3 Å². The van der Waals surface area contributed by atoms with E-state index >= 15 is 0 Å². The summed E-state index contributed by atoms with van der Waals surface area (Å²) in [5, 5.41) is 9.90. The first-order valence-electron chi connectivity index (χ1n) is 7.83. The highest BCUT2D eigenvalue weighted by molar-refractivity contribution is 7.91. The van der Waals surface area contributed by atoms with Crippen LogP contribution in [0.2, 0.25) is 5.02 Å². The minimum Gasteiger partial charge on any atom is -0.350 e. The van der Waals surface area contributed by atoms with E-state index in [1.807, 2.05) is 6.07 Å². The first-order chi connectivity index (χ1) is 12.5. The Hall–Kier alpha value is -2.64. The van der Waals surface area contributed by atoms with Crippen molar-refractivity contribution < 1.29 is 13.2 Å². The summed E-state index contributed by atoms with van der Waals surface area (Å²) < 4.78 is 24.4. The molecule has 0 saturated carbocycles. The molecular formula is C18H16ClN3O3S. The van der Waals surface area contributed by atoms with E-state index in [2.05, 4.69) is 15.5 Å². The molecule has 0 aliphatic heterocycles. The molecule has 2 aromatic carbocycles. The monoisotopic (exact) mass is 389 g/mol. The molecule has 8 heteroatoms. The van der Waals surface area contributed by atoms with Gasteiger partial charge in [0.1, 0.15) is 5.69 Å². The quantitative estimate of drug-likeness (QED) is 0.678. The SMILES string of the molecule is O=C(NCCS(=O)(=O)c1ccccc1)c1cc(-c2cccc(Cl)c2)n[nH]1. The van der Waals surface area contributed by atoms with Crippen LogP contribution in [0.25, 0.3) is 11.3 Å². The Balaban J connectivity index is 1.61. The predicted octanol–water partition coefficient (Wildman–Crippen LogP) is 2.93. The Labute approximate surface area is 156 Å². The number of aromatic amines is 1. The van der Waals surface area contributed by atoms with Crippen LogP contribution in [0.3, 0.4) is 0 Å². The van der Waals surface area contributed by atoms with Crippen molar-refractivity contribution in [2.45, 2.75) is 4.90 Å². The van der Waals surface area contributed by atoms with E-state index in [9.17, 15) is 13.2 Å². The summed E-state index contributed by atoms with van der Waals surface area (Å²) in [6.45, 7) is 0.00157. The highest BCUT2D eigenvalue weighted by atomic mass is 35.5. The molecule has 0 aliphatic carbocycles. The van der Waals surface area contributed by atoms with Crippen molar-refractivity contribution in [3.8, 4) is 11.3 Å². The van der Waals surface area contributed by atoms with E-state index in [-0.39, 0.29) is 22.9 Å². The molecule has 0 spiro atoms. The molecule has 134 valence electrons. The standard InChI is InChI=1S/C18H16ClN3O3S/c19-14-6-4-5-13(11-14)16-12-17(22-21-16)18(23)20-9-10-26(24,25)15-7-2-1-3-8-15/h1-8,11-12H,9-10H2,(H,20,23)(H,21,22). The van der Waals surface area contributed by atoms with Gasteiger partial charge in [-0.1, -0.05) is 41.9 Å². The van der Waals surface area contributed by atoms with Crippen molar-refractivity contribution in [3.63, 3.8) is 0 Å². The fraction of sp³-hybridized carbons (Fsp3) is 0.111. The third kappa shape index (κ3) is 4.30. The molecule has 3 aromatic rings. The van der Waals surface area contributed by atoms with Crippen LogP contribution in [-0.2, 0) is 9.84 Å². The lowest BCUT2D eigenvalue weighted by atomic mass is 10.1. The number of rotatable bonds is 6. The largest absolute Gasteiger partial charge is 0.350 e. The molecule has 0 bridgehead atoms. The van der Waals surface area contributed by atoms with Gasteiger partial charge in [0.25, 0.3) is 5.91 Å². The molecule has 0 saturated heterocycles. The van der Waals surface area contributed by atoms with E-state index in [0.29, 0.717) is 10.7 Å². The van der Waals surface area contributed by atoms with E-state index in [1.165, 1.54) is 12.1 Å². The van der Waals surface area contributed by atoms with Gasteiger partial charge in [-0.25, -0.2) is 8.42 Å². The number of halogens is 1. The number of aromatic nitrogens is 2. The second kappa shape index (κ2) is 7.72. The minimum absolute atomic E-state index is 0.00157. The van der Waals surface area contributed by atoms with Crippen molar-refractivity contribution >= 4 is 27.3 Å². The summed E-state index contributed by atoms with van der Waals surface area (Å²) in [4.78, 5) is 12.4. The summed E-state index contributed by atoms with van der Waals surface area (Å²) in [5.41, 5.74) is 1.60. The molecule has 1 amide bonds. The predicted molar refractivity (Wildman–Crippen MR) is 99.9 cm³/mol. The van der Waals surface area contributed by atoms with Crippen molar-refractivity contribution in [1.29, 1.82) is 0 Å². The van der Waals surface area contributed by atoms with Crippen LogP contribution in [0, 0.1) is 0 Å². The minimum atomic E-state index is -3.44. The molecule has 0 fully saturated rings. The number of carbonyl (C=O) groups is 1. The Morgan fingerprint density at radius 1 is 1.08 bits per heavy atom. The van der Waals surface area contributed by atoms with Gasteiger partial charge in [0.05, 0.1) is 16.3 Å². The molecule has 6 nitrogen and oxygen atoms in total. The number of nitrogens with zero attached hydrogens (tertiary/aromatic N) is 1. The molecule has 0 radical (unpaired) electrons. The summed E-state index contributed by atoms with van der Waals surface area (Å²) in [7, 11) is -3.44. The number of hydrogen-bond donors (Lipinski definition) is 2. The zero-order chi connectivity index (χ0) is 18.6. The Kier molecular flexibility index (Phi) is 5.39. The van der Waals surface area contributed by atoms with Crippen LogP contribution < -0.4 is 5.32 Å². The number of carbonyl (C=O) groups excluding carboxylic acids is 1. The molecule has 3 rings (SSSR count). The van der Waals surface area contributed by atoms with Crippen LogP contribution >= 0.6 is 11.6 Å². The molecule has 0 atom stereocenters. The molecule has 1 aromatic heterocycles. The summed E-state index contributed by atoms with van der Waals surface area (Å²) in [6, 6.07) is 16.8. The molecule has 0 aliphatic rings. The van der Waals surface area contributed by atoms with Crippen LogP contribution in [0.4, 0.5) is 0 Å². The van der Waals surface area contributed by atoms with Gasteiger partial charge in [0.2, 0.25) is 0 Å². The van der Waals surface area contributed by atoms with Crippen molar-refractivity contribution in [1.82, 2.24) is 15.5 Å². The van der Waals surface area contributed by atoms with Crippen LogP contribution in [-0.4, -0.2) is 36.8 Å². The van der Waals surface area contributed by atoms with Crippen LogP contribution in [0.15, 0.2) is 65.6 Å². The number of amides is 1. The van der Waals surface area contributed by atoms with Crippen molar-refractivity contribution in [3.05, 3.63) is 71.4 Å². The first-order valence-corrected chi connectivity index (χ1v) is 9.86. The number of H-pyrrole nitrogens is 1. The average Bonchev–Trinajstić information content (AvgIpc) is 3.12. The second-order valence-corrected chi connectivity index (χ2v) is 8.11. The maximum atomic E-state index is 12.2. The Morgan fingerprint density at radius 2 is 1.85 bits per heavy atom. The van der Waals surface area contributed by atoms with Crippen LogP contribution in [0.1, 0.15) is 10.5 Å². The zero-order valence-corrected chi connectivity index (χ0v) is 15.2. The van der Waals surface area contributed by atoms with Gasteiger partial charge in [-0.05, 0) is 30.3 Å². The second-order valence-electron chi connectivity index (χ2n) is 5.57. The smallest absolute Gasteiger partial charge is 0.269 e. The third-order valence-corrected chi connectivity index (χ3v) is 5.67. The Bertz CT molecular complexity index is 1020. The van der Waals surface area contributed by atoms with E-state index in [1.54, 1.807) is 42.5 Å². The van der Waals surface area contributed by atoms with E-state index in [4.69, 9.17) is 11.6 Å². The number of hydrogen-bond acceptors (Lipinski definition) is 4. The van der Waals surface area contributed by atoms with Gasteiger partial charge in [-0.2, -0.15) is 5.10 Å². The Morgan fingerprint density at radius 3 is 2.58 bits per heavy atom. The normalized spacial score (nSPS) is 11.3. The summed E-state index contributed by atoms with van der Waals surface area (Å²) in [6.07, 6.45) is 0. The van der Waals surface area contributed by atoms with Gasteiger partial charge in [-0.3, -0.25) is 9.89 Å². The van der Waals surface area contributed by atoms with E-state index < -0.39 is 15.7 Å². The number of benzene rings is 2. The lowest BCUT2D eigenvalue weighted by Crippen LogP contribution is -2.29. The highest BCUT2D eigenvalue weighted by Gasteiger charge is 2.15.